The van der Waals surface area contributed by atoms with E-state index in [4.69, 9.17) is 9.52 Å². The van der Waals surface area contributed by atoms with E-state index in [1.165, 1.54) is 24.8 Å². The van der Waals surface area contributed by atoms with Crippen molar-refractivity contribution in [3.63, 3.8) is 0 Å². The van der Waals surface area contributed by atoms with Gasteiger partial charge in [-0.1, -0.05) is 11.5 Å². The number of hydrogen-bond donors (Lipinski definition) is 2. The van der Waals surface area contributed by atoms with Gasteiger partial charge in [0.2, 0.25) is 5.89 Å². The lowest BCUT2D eigenvalue weighted by molar-refractivity contribution is 0.241. The summed E-state index contributed by atoms with van der Waals surface area (Å²) in [6, 6.07) is 0.324. The second kappa shape index (κ2) is 5.00. The molecule has 3 rings (SSSR count). The number of aliphatic hydroxyl groups excluding tert-OH is 1. The molecule has 0 aliphatic heterocycles. The molecular formula is C12H17N5O2. The van der Waals surface area contributed by atoms with Crippen molar-refractivity contribution >= 4 is 6.01 Å². The Hall–Kier alpha value is -1.89. The quantitative estimate of drug-likeness (QED) is 0.842. The van der Waals surface area contributed by atoms with Gasteiger partial charge in [-0.25, -0.2) is 0 Å². The Kier molecular flexibility index (Phi) is 3.20. The van der Waals surface area contributed by atoms with Gasteiger partial charge in [0.1, 0.15) is 6.61 Å². The van der Waals surface area contributed by atoms with Crippen molar-refractivity contribution in [2.75, 3.05) is 5.32 Å². The monoisotopic (exact) mass is 263 g/mol. The van der Waals surface area contributed by atoms with Crippen molar-refractivity contribution < 1.29 is 9.52 Å². The van der Waals surface area contributed by atoms with Crippen LogP contribution in [-0.4, -0.2) is 25.1 Å². The lowest BCUT2D eigenvalue weighted by Gasteiger charge is -2.25. The molecule has 7 heteroatoms. The summed E-state index contributed by atoms with van der Waals surface area (Å²) in [7, 11) is 1.94. The predicted octanol–water partition coefficient (Wildman–Crippen LogP) is 1.17. The minimum atomic E-state index is -0.242. The van der Waals surface area contributed by atoms with E-state index in [2.05, 4.69) is 20.6 Å². The van der Waals surface area contributed by atoms with Crippen LogP contribution in [0.3, 0.4) is 0 Å². The van der Waals surface area contributed by atoms with Crippen LogP contribution in [0.4, 0.5) is 6.01 Å². The Morgan fingerprint density at radius 2 is 2.32 bits per heavy atom. The summed E-state index contributed by atoms with van der Waals surface area (Å²) in [5, 5.41) is 23.8. The second-order valence-electron chi connectivity index (χ2n) is 4.81. The van der Waals surface area contributed by atoms with Gasteiger partial charge in [0.15, 0.2) is 0 Å². The van der Waals surface area contributed by atoms with Gasteiger partial charge >= 0.3 is 6.01 Å². The van der Waals surface area contributed by atoms with Crippen LogP contribution in [0.2, 0.25) is 0 Å². The Morgan fingerprint density at radius 1 is 1.47 bits per heavy atom. The SMILES string of the molecule is Cn1ncc(C2CCC2)c1CNc1nnc(CO)o1. The zero-order valence-corrected chi connectivity index (χ0v) is 10.8. The van der Waals surface area contributed by atoms with Crippen LogP contribution in [0.5, 0.6) is 0 Å². The molecule has 1 aliphatic rings. The third-order valence-electron chi connectivity index (χ3n) is 3.65. The molecule has 2 N–H and O–H groups in total. The number of rotatable bonds is 5. The van der Waals surface area contributed by atoms with Gasteiger partial charge in [-0.15, -0.1) is 5.10 Å². The van der Waals surface area contributed by atoms with Crippen LogP contribution in [0.25, 0.3) is 0 Å². The Balaban J connectivity index is 1.70. The lowest BCUT2D eigenvalue weighted by Crippen LogP contribution is -2.14. The summed E-state index contributed by atoms with van der Waals surface area (Å²) in [6.07, 6.45) is 5.74. The summed E-state index contributed by atoms with van der Waals surface area (Å²) in [4.78, 5) is 0. The molecule has 0 bridgehead atoms. The zero-order valence-electron chi connectivity index (χ0n) is 10.8. The van der Waals surface area contributed by atoms with Crippen molar-refractivity contribution in [1.29, 1.82) is 0 Å². The van der Waals surface area contributed by atoms with Crippen molar-refractivity contribution in [1.82, 2.24) is 20.0 Å². The van der Waals surface area contributed by atoms with E-state index in [0.29, 0.717) is 18.5 Å². The molecule has 0 aromatic carbocycles. The Morgan fingerprint density at radius 3 is 2.95 bits per heavy atom. The summed E-state index contributed by atoms with van der Waals surface area (Å²) < 4.78 is 7.08. The van der Waals surface area contributed by atoms with E-state index >= 15 is 0 Å². The van der Waals surface area contributed by atoms with Crippen molar-refractivity contribution in [2.45, 2.75) is 38.3 Å². The van der Waals surface area contributed by atoms with Crippen molar-refractivity contribution in [2.24, 2.45) is 7.05 Å². The fourth-order valence-corrected chi connectivity index (χ4v) is 2.30. The molecule has 2 aromatic heterocycles. The highest BCUT2D eigenvalue weighted by atomic mass is 16.4. The van der Waals surface area contributed by atoms with Crippen LogP contribution in [0.15, 0.2) is 10.6 Å². The van der Waals surface area contributed by atoms with Crippen LogP contribution in [-0.2, 0) is 20.2 Å². The molecule has 1 aliphatic carbocycles. The maximum absolute atomic E-state index is 8.87. The lowest BCUT2D eigenvalue weighted by atomic mass is 9.80. The third kappa shape index (κ3) is 2.33. The molecule has 2 heterocycles. The van der Waals surface area contributed by atoms with Crippen LogP contribution >= 0.6 is 0 Å². The predicted molar refractivity (Wildman–Crippen MR) is 67.3 cm³/mol. The molecule has 102 valence electrons. The fourth-order valence-electron chi connectivity index (χ4n) is 2.30. The van der Waals surface area contributed by atoms with Crippen LogP contribution in [0.1, 0.15) is 42.3 Å². The molecule has 0 unspecified atom stereocenters. The Bertz CT molecular complexity index is 558. The van der Waals surface area contributed by atoms with Gasteiger partial charge in [0.25, 0.3) is 0 Å². The molecule has 1 fully saturated rings. The molecule has 19 heavy (non-hydrogen) atoms. The average molecular weight is 263 g/mol. The summed E-state index contributed by atoms with van der Waals surface area (Å²) in [6.45, 7) is 0.350. The maximum atomic E-state index is 8.87. The standard InChI is InChI=1S/C12H17N5O2/c1-17-10(9(5-14-17)8-3-2-4-8)6-13-12-16-15-11(7-18)19-12/h5,8,18H,2-4,6-7H2,1H3,(H,13,16). The molecule has 2 aromatic rings. The van der Waals surface area contributed by atoms with Crippen molar-refractivity contribution in [3.05, 3.63) is 23.3 Å². The number of aryl methyl sites for hydroxylation is 1. The topological polar surface area (TPSA) is 89.0 Å². The largest absolute Gasteiger partial charge is 0.406 e. The molecule has 0 atom stereocenters. The van der Waals surface area contributed by atoms with Gasteiger partial charge in [0.05, 0.1) is 18.4 Å². The number of anilines is 1. The molecule has 7 nitrogen and oxygen atoms in total. The van der Waals surface area contributed by atoms with E-state index < -0.39 is 0 Å². The van der Waals surface area contributed by atoms with Gasteiger partial charge in [-0.2, -0.15) is 5.10 Å². The summed E-state index contributed by atoms with van der Waals surface area (Å²) in [5.74, 6) is 0.855. The first kappa shape index (κ1) is 12.2. The molecular weight excluding hydrogens is 246 g/mol. The zero-order chi connectivity index (χ0) is 13.2. The molecule has 0 radical (unpaired) electrons. The maximum Gasteiger partial charge on any atom is 0.315 e. The van der Waals surface area contributed by atoms with E-state index in [0.717, 1.165) is 5.69 Å². The first-order chi connectivity index (χ1) is 9.28. The third-order valence-corrected chi connectivity index (χ3v) is 3.65. The average Bonchev–Trinajstić information content (AvgIpc) is 2.93. The first-order valence-electron chi connectivity index (χ1n) is 6.46. The summed E-state index contributed by atoms with van der Waals surface area (Å²) >= 11 is 0. The fraction of sp³-hybridized carbons (Fsp3) is 0.583. The van der Waals surface area contributed by atoms with E-state index in [-0.39, 0.29) is 12.5 Å². The number of nitrogens with zero attached hydrogens (tertiary/aromatic N) is 4. The minimum absolute atomic E-state index is 0.215. The number of aromatic nitrogens is 4. The number of aliphatic hydroxyl groups is 1. The van der Waals surface area contributed by atoms with Gasteiger partial charge in [-0.3, -0.25) is 4.68 Å². The molecule has 0 saturated heterocycles. The highest BCUT2D eigenvalue weighted by Crippen LogP contribution is 2.37. The Labute approximate surface area is 110 Å². The second-order valence-corrected chi connectivity index (χ2v) is 4.81. The number of hydrogen-bond acceptors (Lipinski definition) is 6. The highest BCUT2D eigenvalue weighted by molar-refractivity contribution is 5.28. The van der Waals surface area contributed by atoms with E-state index in [1.807, 2.05) is 17.9 Å². The van der Waals surface area contributed by atoms with E-state index in [9.17, 15) is 0 Å². The minimum Gasteiger partial charge on any atom is -0.406 e. The molecule has 1 saturated carbocycles. The highest BCUT2D eigenvalue weighted by Gasteiger charge is 2.24. The van der Waals surface area contributed by atoms with E-state index in [1.54, 1.807) is 0 Å². The van der Waals surface area contributed by atoms with Gasteiger partial charge < -0.3 is 14.8 Å². The van der Waals surface area contributed by atoms with Crippen LogP contribution in [0, 0.1) is 0 Å². The first-order valence-corrected chi connectivity index (χ1v) is 6.46. The van der Waals surface area contributed by atoms with Crippen LogP contribution < -0.4 is 5.32 Å². The number of nitrogens with one attached hydrogen (secondary N) is 1. The van der Waals surface area contributed by atoms with Crippen molar-refractivity contribution in [3.8, 4) is 0 Å². The van der Waals surface area contributed by atoms with Gasteiger partial charge in [0, 0.05) is 7.05 Å². The van der Waals surface area contributed by atoms with Gasteiger partial charge in [-0.05, 0) is 24.3 Å². The molecule has 0 spiro atoms. The molecule has 0 amide bonds. The summed E-state index contributed by atoms with van der Waals surface area (Å²) in [5.41, 5.74) is 2.46. The normalized spacial score (nSPS) is 15.5. The smallest absolute Gasteiger partial charge is 0.315 e.